The van der Waals surface area contributed by atoms with Gasteiger partial charge < -0.3 is 10.4 Å². The summed E-state index contributed by atoms with van der Waals surface area (Å²) in [5.74, 6) is -1.15. The number of hydrogen-bond donors (Lipinski definition) is 2. The molecule has 0 saturated carbocycles. The lowest BCUT2D eigenvalue weighted by atomic mass is 9.99. The molecule has 0 aromatic heterocycles. The van der Waals surface area contributed by atoms with Crippen molar-refractivity contribution in [1.29, 1.82) is 0 Å². The van der Waals surface area contributed by atoms with Crippen molar-refractivity contribution >= 4 is 11.9 Å². The minimum Gasteiger partial charge on any atom is -0.481 e. The highest BCUT2D eigenvalue weighted by atomic mass is 16.4. The predicted octanol–water partition coefficient (Wildman–Crippen LogP) is 1.96. The summed E-state index contributed by atoms with van der Waals surface area (Å²) in [6, 6.07) is 5.34. The Labute approximate surface area is 101 Å². The Hall–Kier alpha value is -1.84. The monoisotopic (exact) mass is 235 g/mol. The summed E-state index contributed by atoms with van der Waals surface area (Å²) in [5.41, 5.74) is 2.95. The number of hydrogen-bond acceptors (Lipinski definition) is 2. The molecule has 0 heterocycles. The summed E-state index contributed by atoms with van der Waals surface area (Å²) < 4.78 is 0. The number of benzene rings is 1. The topological polar surface area (TPSA) is 66.4 Å². The Bertz CT molecular complexity index is 404. The lowest BCUT2D eigenvalue weighted by Gasteiger charge is -2.17. The fraction of sp³-hybridized carbons (Fsp3) is 0.385. The van der Waals surface area contributed by atoms with Crippen LogP contribution < -0.4 is 5.32 Å². The fourth-order valence-corrected chi connectivity index (χ4v) is 1.88. The third-order valence-corrected chi connectivity index (χ3v) is 2.40. The van der Waals surface area contributed by atoms with Gasteiger partial charge in [-0.05, 0) is 19.4 Å². The zero-order chi connectivity index (χ0) is 13.0. The van der Waals surface area contributed by atoms with Gasteiger partial charge in [0.1, 0.15) is 0 Å². The number of amides is 1. The largest absolute Gasteiger partial charge is 0.481 e. The Morgan fingerprint density at radius 1 is 1.24 bits per heavy atom. The van der Waals surface area contributed by atoms with E-state index in [9.17, 15) is 9.59 Å². The first-order chi connectivity index (χ1) is 7.88. The van der Waals surface area contributed by atoms with Crippen LogP contribution in [-0.2, 0) is 9.59 Å². The molecule has 0 aliphatic heterocycles. The molecule has 0 aliphatic rings. The number of aliphatic carboxylic acids is 1. The molecule has 1 aromatic carbocycles. The average Bonchev–Trinajstić information content (AvgIpc) is 2.13. The predicted molar refractivity (Wildman–Crippen MR) is 64.7 cm³/mol. The zero-order valence-corrected chi connectivity index (χ0v) is 10.3. The van der Waals surface area contributed by atoms with Gasteiger partial charge in [-0.25, -0.2) is 0 Å². The summed E-state index contributed by atoms with van der Waals surface area (Å²) >= 11 is 0. The molecule has 1 rings (SSSR count). The number of carboxylic acid groups (broad SMARTS) is 1. The van der Waals surface area contributed by atoms with E-state index in [1.54, 1.807) is 0 Å². The number of aryl methyl sites for hydroxylation is 2. The van der Waals surface area contributed by atoms with Gasteiger partial charge in [0.05, 0.1) is 12.5 Å². The van der Waals surface area contributed by atoms with Crippen molar-refractivity contribution in [3.8, 4) is 0 Å². The molecule has 0 fully saturated rings. The van der Waals surface area contributed by atoms with Gasteiger partial charge in [0.2, 0.25) is 5.91 Å². The van der Waals surface area contributed by atoms with Gasteiger partial charge in [-0.15, -0.1) is 0 Å². The van der Waals surface area contributed by atoms with Crippen molar-refractivity contribution < 1.29 is 14.7 Å². The lowest BCUT2D eigenvalue weighted by molar-refractivity contribution is -0.137. The number of carbonyl (C=O) groups is 2. The highest BCUT2D eigenvalue weighted by Crippen LogP contribution is 2.20. The van der Waals surface area contributed by atoms with Gasteiger partial charge in [0, 0.05) is 6.92 Å². The van der Waals surface area contributed by atoms with Crippen LogP contribution >= 0.6 is 0 Å². The van der Waals surface area contributed by atoms with Crippen LogP contribution in [0.1, 0.15) is 36.1 Å². The van der Waals surface area contributed by atoms with Crippen LogP contribution in [-0.4, -0.2) is 17.0 Å². The standard InChI is InChI=1S/C13H17NO3/c1-8-4-9(2)6-11(5-8)12(7-13(16)17)14-10(3)15/h4-6,12H,7H2,1-3H3,(H,14,15)(H,16,17)/t12-/m0/s1. The number of nitrogens with one attached hydrogen (secondary N) is 1. The summed E-state index contributed by atoms with van der Waals surface area (Å²) in [6.45, 7) is 5.28. The van der Waals surface area contributed by atoms with E-state index in [2.05, 4.69) is 5.32 Å². The Morgan fingerprint density at radius 3 is 2.18 bits per heavy atom. The molecule has 1 amide bonds. The average molecular weight is 235 g/mol. The van der Waals surface area contributed by atoms with E-state index in [4.69, 9.17) is 5.11 Å². The SMILES string of the molecule is CC(=O)N[C@@H](CC(=O)O)c1cc(C)cc(C)c1. The summed E-state index contributed by atoms with van der Waals surface area (Å²) in [5, 5.41) is 11.5. The molecule has 92 valence electrons. The third kappa shape index (κ3) is 4.26. The first-order valence-corrected chi connectivity index (χ1v) is 5.45. The second-order valence-corrected chi connectivity index (χ2v) is 4.27. The molecule has 1 atom stereocenters. The van der Waals surface area contributed by atoms with Crippen molar-refractivity contribution in [2.75, 3.05) is 0 Å². The van der Waals surface area contributed by atoms with Gasteiger partial charge in [-0.2, -0.15) is 0 Å². The van der Waals surface area contributed by atoms with Crippen molar-refractivity contribution in [2.24, 2.45) is 0 Å². The van der Waals surface area contributed by atoms with Crippen LogP contribution in [0, 0.1) is 13.8 Å². The van der Waals surface area contributed by atoms with E-state index >= 15 is 0 Å². The highest BCUT2D eigenvalue weighted by Gasteiger charge is 2.16. The summed E-state index contributed by atoms with van der Waals surface area (Å²) in [4.78, 5) is 21.9. The van der Waals surface area contributed by atoms with Gasteiger partial charge in [-0.3, -0.25) is 9.59 Å². The van der Waals surface area contributed by atoms with Crippen molar-refractivity contribution in [2.45, 2.75) is 33.2 Å². The summed E-state index contributed by atoms with van der Waals surface area (Å²) in [6.07, 6.45) is -0.109. The maximum atomic E-state index is 11.1. The van der Waals surface area contributed by atoms with E-state index in [-0.39, 0.29) is 12.3 Å². The van der Waals surface area contributed by atoms with Gasteiger partial charge in [0.15, 0.2) is 0 Å². The fourth-order valence-electron chi connectivity index (χ4n) is 1.88. The molecule has 4 heteroatoms. The molecule has 0 aliphatic carbocycles. The zero-order valence-electron chi connectivity index (χ0n) is 10.3. The molecule has 0 unspecified atom stereocenters. The molecule has 1 aromatic rings. The second-order valence-electron chi connectivity index (χ2n) is 4.27. The molecule has 4 nitrogen and oxygen atoms in total. The Morgan fingerprint density at radius 2 is 1.76 bits per heavy atom. The molecule has 2 N–H and O–H groups in total. The van der Waals surface area contributed by atoms with E-state index in [1.807, 2.05) is 32.0 Å². The van der Waals surface area contributed by atoms with Crippen LogP contribution in [0.5, 0.6) is 0 Å². The van der Waals surface area contributed by atoms with Crippen molar-refractivity contribution in [3.63, 3.8) is 0 Å². The molecular weight excluding hydrogens is 218 g/mol. The van der Waals surface area contributed by atoms with Crippen LogP contribution in [0.25, 0.3) is 0 Å². The number of carboxylic acids is 1. The van der Waals surface area contributed by atoms with Crippen LogP contribution in [0.3, 0.4) is 0 Å². The van der Waals surface area contributed by atoms with Crippen LogP contribution in [0.4, 0.5) is 0 Å². The van der Waals surface area contributed by atoms with Crippen LogP contribution in [0.15, 0.2) is 18.2 Å². The first kappa shape index (κ1) is 13.2. The maximum absolute atomic E-state index is 11.1. The number of carbonyl (C=O) groups excluding carboxylic acids is 1. The first-order valence-electron chi connectivity index (χ1n) is 5.45. The summed E-state index contributed by atoms with van der Waals surface area (Å²) in [7, 11) is 0. The lowest BCUT2D eigenvalue weighted by Crippen LogP contribution is -2.28. The molecule has 0 bridgehead atoms. The molecule has 17 heavy (non-hydrogen) atoms. The second kappa shape index (κ2) is 5.48. The minimum atomic E-state index is -0.928. The van der Waals surface area contributed by atoms with E-state index in [0.717, 1.165) is 16.7 Å². The van der Waals surface area contributed by atoms with Crippen molar-refractivity contribution in [1.82, 2.24) is 5.32 Å². The molecular formula is C13H17NO3. The van der Waals surface area contributed by atoms with Crippen LogP contribution in [0.2, 0.25) is 0 Å². The normalized spacial score (nSPS) is 11.9. The Balaban J connectivity index is 3.02. The molecule has 0 saturated heterocycles. The Kier molecular flexibility index (Phi) is 4.26. The van der Waals surface area contributed by atoms with E-state index in [0.29, 0.717) is 0 Å². The van der Waals surface area contributed by atoms with E-state index < -0.39 is 12.0 Å². The highest BCUT2D eigenvalue weighted by molar-refractivity contribution is 5.75. The number of rotatable bonds is 4. The molecule has 0 radical (unpaired) electrons. The molecule has 0 spiro atoms. The third-order valence-electron chi connectivity index (χ3n) is 2.40. The van der Waals surface area contributed by atoms with Gasteiger partial charge in [-0.1, -0.05) is 29.3 Å². The smallest absolute Gasteiger partial charge is 0.305 e. The van der Waals surface area contributed by atoms with E-state index in [1.165, 1.54) is 6.92 Å². The van der Waals surface area contributed by atoms with Crippen molar-refractivity contribution in [3.05, 3.63) is 34.9 Å². The minimum absolute atomic E-state index is 0.109. The maximum Gasteiger partial charge on any atom is 0.305 e. The van der Waals surface area contributed by atoms with Gasteiger partial charge in [0.25, 0.3) is 0 Å². The van der Waals surface area contributed by atoms with Gasteiger partial charge >= 0.3 is 5.97 Å². The quantitative estimate of drug-likeness (QED) is 0.838.